The Labute approximate surface area is 259 Å². The smallest absolute Gasteiger partial charge is 0.338 e. The summed E-state index contributed by atoms with van der Waals surface area (Å²) < 4.78 is 34.9. The molecule has 0 bridgehead atoms. The molecule has 0 unspecified atom stereocenters. The zero-order valence-electron chi connectivity index (χ0n) is 24.2. The van der Waals surface area contributed by atoms with E-state index >= 15 is 0 Å². The second-order valence-electron chi connectivity index (χ2n) is 9.95. The van der Waals surface area contributed by atoms with Crippen LogP contribution >= 0.6 is 0 Å². The summed E-state index contributed by atoms with van der Waals surface area (Å²) in [4.78, 5) is 52.8. The standard InChI is InChI=1S/C35H30O10/c1-40-35-30(45-34(39)26-20-12-5-13-21-26)29(44-33(38)25-18-10-4-11-19-25)28(43-32(37)24-16-8-3-9-17-24)27(42-35)22-41-31(36)23-14-6-2-7-15-23/h2-21,27-30,35H,22H2,1H3/t27-,28+,29-,30-,35-/m0/s1. The van der Waals surface area contributed by atoms with E-state index in [1.165, 1.54) is 7.11 Å². The highest BCUT2D eigenvalue weighted by Crippen LogP contribution is 2.31. The van der Waals surface area contributed by atoms with Crippen LogP contribution in [0, 0.1) is 0 Å². The Morgan fingerprint density at radius 2 is 0.867 bits per heavy atom. The summed E-state index contributed by atoms with van der Waals surface area (Å²) in [5, 5.41) is 0. The highest BCUT2D eigenvalue weighted by atomic mass is 16.7. The molecule has 10 nitrogen and oxygen atoms in total. The molecule has 10 heteroatoms. The molecule has 4 aromatic rings. The highest BCUT2D eigenvalue weighted by Gasteiger charge is 2.53. The first kappa shape index (κ1) is 31.1. The van der Waals surface area contributed by atoms with Gasteiger partial charge in [0.1, 0.15) is 12.7 Å². The van der Waals surface area contributed by atoms with Crippen molar-refractivity contribution in [3.8, 4) is 0 Å². The predicted octanol–water partition coefficient (Wildman–Crippen LogP) is 4.89. The van der Waals surface area contributed by atoms with Gasteiger partial charge in [-0.1, -0.05) is 72.8 Å². The second kappa shape index (κ2) is 14.9. The Morgan fingerprint density at radius 3 is 1.27 bits per heavy atom. The van der Waals surface area contributed by atoms with Gasteiger partial charge in [-0.2, -0.15) is 0 Å². The fraction of sp³-hybridized carbons (Fsp3) is 0.200. The van der Waals surface area contributed by atoms with E-state index in [0.29, 0.717) is 0 Å². The molecular weight excluding hydrogens is 580 g/mol. The molecule has 0 aliphatic carbocycles. The maximum Gasteiger partial charge on any atom is 0.338 e. The van der Waals surface area contributed by atoms with Gasteiger partial charge < -0.3 is 28.4 Å². The molecule has 0 radical (unpaired) electrons. The van der Waals surface area contributed by atoms with Crippen molar-refractivity contribution in [3.63, 3.8) is 0 Å². The van der Waals surface area contributed by atoms with Gasteiger partial charge >= 0.3 is 23.9 Å². The molecule has 45 heavy (non-hydrogen) atoms. The monoisotopic (exact) mass is 610 g/mol. The molecule has 1 heterocycles. The summed E-state index contributed by atoms with van der Waals surface area (Å²) in [6.45, 7) is -0.418. The quantitative estimate of drug-likeness (QED) is 0.181. The van der Waals surface area contributed by atoms with Crippen molar-refractivity contribution >= 4 is 23.9 Å². The van der Waals surface area contributed by atoms with Crippen LogP contribution in [0.2, 0.25) is 0 Å². The maximum atomic E-state index is 13.4. The van der Waals surface area contributed by atoms with Crippen LogP contribution in [0.4, 0.5) is 0 Å². The first-order valence-electron chi connectivity index (χ1n) is 14.1. The van der Waals surface area contributed by atoms with Crippen LogP contribution in [-0.4, -0.2) is 68.3 Å². The average molecular weight is 611 g/mol. The summed E-state index contributed by atoms with van der Waals surface area (Å²) in [6.07, 6.45) is -6.76. The van der Waals surface area contributed by atoms with E-state index < -0.39 is 61.2 Å². The van der Waals surface area contributed by atoms with Gasteiger partial charge in [0.25, 0.3) is 0 Å². The van der Waals surface area contributed by atoms with Gasteiger partial charge in [0.15, 0.2) is 24.6 Å². The lowest BCUT2D eigenvalue weighted by Gasteiger charge is -2.44. The molecular formula is C35H30O10. The number of hydrogen-bond donors (Lipinski definition) is 0. The topological polar surface area (TPSA) is 124 Å². The molecule has 4 aromatic carbocycles. The number of carbonyl (C=O) groups is 4. The van der Waals surface area contributed by atoms with Crippen LogP contribution in [0.3, 0.4) is 0 Å². The van der Waals surface area contributed by atoms with Crippen molar-refractivity contribution in [1.82, 2.24) is 0 Å². The fourth-order valence-electron chi connectivity index (χ4n) is 4.72. The van der Waals surface area contributed by atoms with Crippen LogP contribution in [0.5, 0.6) is 0 Å². The van der Waals surface area contributed by atoms with Gasteiger partial charge in [-0.05, 0) is 48.5 Å². The Morgan fingerprint density at radius 1 is 0.511 bits per heavy atom. The number of carbonyl (C=O) groups excluding carboxylic acids is 4. The second-order valence-corrected chi connectivity index (χ2v) is 9.95. The number of esters is 4. The summed E-state index contributed by atoms with van der Waals surface area (Å²) in [5.41, 5.74) is 0.914. The van der Waals surface area contributed by atoms with Gasteiger partial charge in [0.2, 0.25) is 0 Å². The molecule has 0 spiro atoms. The molecule has 1 aliphatic heterocycles. The average Bonchev–Trinajstić information content (AvgIpc) is 3.10. The van der Waals surface area contributed by atoms with E-state index in [-0.39, 0.29) is 22.3 Å². The Kier molecular flexibility index (Phi) is 10.3. The minimum atomic E-state index is -1.45. The third kappa shape index (κ3) is 7.80. The molecule has 0 amide bonds. The Hall–Kier alpha value is -5.32. The maximum absolute atomic E-state index is 13.4. The summed E-state index contributed by atoms with van der Waals surface area (Å²) in [7, 11) is 1.31. The van der Waals surface area contributed by atoms with Gasteiger partial charge in [0, 0.05) is 7.11 Å². The molecule has 5 atom stereocenters. The third-order valence-corrected chi connectivity index (χ3v) is 6.97. The van der Waals surface area contributed by atoms with Crippen LogP contribution in [-0.2, 0) is 28.4 Å². The summed E-state index contributed by atoms with van der Waals surface area (Å²) >= 11 is 0. The van der Waals surface area contributed by atoms with Crippen molar-refractivity contribution < 1.29 is 47.6 Å². The molecule has 0 saturated carbocycles. The lowest BCUT2D eigenvalue weighted by atomic mass is 9.97. The lowest BCUT2D eigenvalue weighted by Crippen LogP contribution is -2.63. The SMILES string of the molecule is CO[C@H]1O[C@@H](COC(=O)c2ccccc2)[C@@H](OC(=O)c2ccccc2)[C@H](OC(=O)c2ccccc2)[C@@H]1OC(=O)c1ccccc1. The zero-order valence-corrected chi connectivity index (χ0v) is 24.2. The number of ether oxygens (including phenoxy) is 6. The minimum absolute atomic E-state index is 0.200. The highest BCUT2D eigenvalue weighted by molar-refractivity contribution is 5.91. The van der Waals surface area contributed by atoms with Crippen LogP contribution in [0.1, 0.15) is 41.4 Å². The van der Waals surface area contributed by atoms with E-state index in [1.54, 1.807) is 121 Å². The van der Waals surface area contributed by atoms with E-state index in [1.807, 2.05) is 0 Å². The van der Waals surface area contributed by atoms with Gasteiger partial charge in [-0.3, -0.25) is 0 Å². The van der Waals surface area contributed by atoms with Crippen LogP contribution < -0.4 is 0 Å². The molecule has 0 aromatic heterocycles. The Balaban J connectivity index is 1.50. The fourth-order valence-corrected chi connectivity index (χ4v) is 4.72. The largest absolute Gasteiger partial charge is 0.459 e. The van der Waals surface area contributed by atoms with Crippen LogP contribution in [0.15, 0.2) is 121 Å². The normalized spacial score (nSPS) is 20.8. The predicted molar refractivity (Wildman–Crippen MR) is 159 cm³/mol. The van der Waals surface area contributed by atoms with E-state index in [4.69, 9.17) is 28.4 Å². The van der Waals surface area contributed by atoms with Gasteiger partial charge in [-0.25, -0.2) is 19.2 Å². The molecule has 0 N–H and O–H groups in total. The van der Waals surface area contributed by atoms with Crippen molar-refractivity contribution in [2.75, 3.05) is 13.7 Å². The first-order valence-corrected chi connectivity index (χ1v) is 14.1. The first-order chi connectivity index (χ1) is 21.9. The zero-order chi connectivity index (χ0) is 31.6. The number of benzene rings is 4. The molecule has 5 rings (SSSR count). The summed E-state index contributed by atoms with van der Waals surface area (Å²) in [5.74, 6) is -2.96. The Bertz CT molecular complexity index is 1580. The van der Waals surface area contributed by atoms with Crippen molar-refractivity contribution in [3.05, 3.63) is 144 Å². The number of methoxy groups -OCH3 is 1. The van der Waals surface area contributed by atoms with Crippen molar-refractivity contribution in [1.29, 1.82) is 0 Å². The van der Waals surface area contributed by atoms with E-state index in [2.05, 4.69) is 0 Å². The van der Waals surface area contributed by atoms with Gasteiger partial charge in [0.05, 0.1) is 22.3 Å². The summed E-state index contributed by atoms with van der Waals surface area (Å²) in [6, 6.07) is 32.7. The number of rotatable bonds is 10. The van der Waals surface area contributed by atoms with Gasteiger partial charge in [-0.15, -0.1) is 0 Å². The van der Waals surface area contributed by atoms with Crippen LogP contribution in [0.25, 0.3) is 0 Å². The molecule has 1 fully saturated rings. The lowest BCUT2D eigenvalue weighted by molar-refractivity contribution is -0.291. The number of hydrogen-bond acceptors (Lipinski definition) is 10. The van der Waals surface area contributed by atoms with Crippen molar-refractivity contribution in [2.45, 2.75) is 30.7 Å². The molecule has 230 valence electrons. The third-order valence-electron chi connectivity index (χ3n) is 6.97. The molecule has 1 aliphatic rings. The van der Waals surface area contributed by atoms with E-state index in [9.17, 15) is 19.2 Å². The van der Waals surface area contributed by atoms with Crippen molar-refractivity contribution in [2.24, 2.45) is 0 Å². The minimum Gasteiger partial charge on any atom is -0.459 e. The van der Waals surface area contributed by atoms with E-state index in [0.717, 1.165) is 0 Å². The molecule has 1 saturated heterocycles.